The van der Waals surface area contributed by atoms with Crippen LogP contribution in [0.3, 0.4) is 0 Å². The van der Waals surface area contributed by atoms with Crippen molar-refractivity contribution >= 4 is 27.6 Å². The topological polar surface area (TPSA) is 100 Å². The summed E-state index contributed by atoms with van der Waals surface area (Å²) in [5, 5.41) is 3.97. The number of hydrogen-bond donors (Lipinski definition) is 1. The number of benzene rings is 1. The summed E-state index contributed by atoms with van der Waals surface area (Å²) < 4.78 is 72.8. The van der Waals surface area contributed by atoms with Crippen LogP contribution in [0.1, 0.15) is 11.1 Å². The van der Waals surface area contributed by atoms with Gasteiger partial charge in [0.05, 0.1) is 25.0 Å². The van der Waals surface area contributed by atoms with Crippen LogP contribution in [-0.4, -0.2) is 92.8 Å². The van der Waals surface area contributed by atoms with Gasteiger partial charge in [0.15, 0.2) is 5.82 Å². The van der Waals surface area contributed by atoms with Crippen LogP contribution >= 0.6 is 0 Å². The molecule has 1 amide bonds. The fraction of sp³-hybridized carbons (Fsp3) is 0.565. The minimum Gasteiger partial charge on any atom is -0.381 e. The van der Waals surface area contributed by atoms with E-state index in [0.29, 0.717) is 59.0 Å². The van der Waals surface area contributed by atoms with Gasteiger partial charge in [-0.1, -0.05) is 6.07 Å². The molecule has 0 spiro atoms. The standard InChI is InChI=1S/C23H29F3N6O4S/c1-37(34,35)28-21-4-5-32(27-21)22(33)30-8-6-29(7-9-30)11-16-2-3-19(23(24,25)26)20(10-16)31-12-17-14-36-15-18(17)13-31/h2-5,10,17-18H,6-9,11-15H2,1H3,(H,27,28). The second kappa shape index (κ2) is 9.80. The zero-order chi connectivity index (χ0) is 26.4. The number of hydrogen-bond acceptors (Lipinski definition) is 7. The van der Waals surface area contributed by atoms with Gasteiger partial charge in [0.25, 0.3) is 0 Å². The molecule has 5 rings (SSSR count). The molecule has 1 aromatic carbocycles. The number of carbonyl (C=O) groups is 1. The van der Waals surface area contributed by atoms with Gasteiger partial charge in [-0.3, -0.25) is 9.62 Å². The van der Waals surface area contributed by atoms with Gasteiger partial charge in [-0.25, -0.2) is 13.2 Å². The highest BCUT2D eigenvalue weighted by atomic mass is 32.2. The maximum atomic E-state index is 13.8. The molecule has 10 nitrogen and oxygen atoms in total. The number of alkyl halides is 3. The molecule has 2 aromatic rings. The zero-order valence-electron chi connectivity index (χ0n) is 20.3. The van der Waals surface area contributed by atoms with Gasteiger partial charge < -0.3 is 14.5 Å². The molecule has 0 aliphatic carbocycles. The van der Waals surface area contributed by atoms with Crippen LogP contribution < -0.4 is 9.62 Å². The van der Waals surface area contributed by atoms with Crippen LogP contribution in [0, 0.1) is 11.8 Å². The van der Waals surface area contributed by atoms with E-state index in [-0.39, 0.29) is 29.4 Å². The molecule has 4 heterocycles. The van der Waals surface area contributed by atoms with E-state index in [0.717, 1.165) is 16.5 Å². The summed E-state index contributed by atoms with van der Waals surface area (Å²) >= 11 is 0. The van der Waals surface area contributed by atoms with E-state index in [9.17, 15) is 26.4 Å². The van der Waals surface area contributed by atoms with E-state index < -0.39 is 21.8 Å². The number of ether oxygens (including phenoxy) is 1. The Hall–Kier alpha value is -2.84. The average Bonchev–Trinajstić information content (AvgIpc) is 3.54. The van der Waals surface area contributed by atoms with Crippen LogP contribution in [0.4, 0.5) is 29.5 Å². The van der Waals surface area contributed by atoms with E-state index in [1.54, 1.807) is 11.0 Å². The summed E-state index contributed by atoms with van der Waals surface area (Å²) in [6.07, 6.45) is -2.04. The predicted octanol–water partition coefficient (Wildman–Crippen LogP) is 2.14. The van der Waals surface area contributed by atoms with Crippen molar-refractivity contribution in [3.8, 4) is 0 Å². The number of halogens is 3. The van der Waals surface area contributed by atoms with Crippen molar-refractivity contribution in [1.29, 1.82) is 0 Å². The van der Waals surface area contributed by atoms with Crippen molar-refractivity contribution in [1.82, 2.24) is 19.6 Å². The van der Waals surface area contributed by atoms with Gasteiger partial charge >= 0.3 is 12.2 Å². The molecular weight excluding hydrogens is 513 g/mol. The van der Waals surface area contributed by atoms with Crippen LogP contribution in [0.25, 0.3) is 0 Å². The van der Waals surface area contributed by atoms with Crippen molar-refractivity contribution in [2.75, 3.05) is 68.4 Å². The number of rotatable bonds is 5. The SMILES string of the molecule is CS(=O)(=O)Nc1ccn(C(=O)N2CCN(Cc3ccc(C(F)(F)F)c(N4CC5COCC5C4)c3)CC2)n1. The number of sulfonamides is 1. The van der Waals surface area contributed by atoms with Crippen LogP contribution in [0.15, 0.2) is 30.5 Å². The lowest BCUT2D eigenvalue weighted by Gasteiger charge is -2.34. The average molecular weight is 543 g/mol. The first-order valence-corrected chi connectivity index (χ1v) is 13.9. The zero-order valence-corrected chi connectivity index (χ0v) is 21.1. The molecule has 3 fully saturated rings. The Balaban J connectivity index is 1.22. The summed E-state index contributed by atoms with van der Waals surface area (Å²) in [6.45, 7) is 4.71. The van der Waals surface area contributed by atoms with E-state index in [1.165, 1.54) is 24.4 Å². The molecule has 0 radical (unpaired) electrons. The molecule has 0 saturated carbocycles. The van der Waals surface area contributed by atoms with Crippen molar-refractivity contribution in [2.24, 2.45) is 11.8 Å². The van der Waals surface area contributed by atoms with Crippen LogP contribution in [0.2, 0.25) is 0 Å². The largest absolute Gasteiger partial charge is 0.418 e. The van der Waals surface area contributed by atoms with E-state index in [4.69, 9.17) is 4.74 Å². The molecule has 14 heteroatoms. The lowest BCUT2D eigenvalue weighted by molar-refractivity contribution is -0.137. The number of aromatic nitrogens is 2. The second-order valence-electron chi connectivity index (χ2n) is 9.88. The summed E-state index contributed by atoms with van der Waals surface area (Å²) in [6, 6.07) is 5.39. The van der Waals surface area contributed by atoms with Gasteiger partial charge in [-0.15, -0.1) is 5.10 Å². The Morgan fingerprint density at radius 2 is 1.78 bits per heavy atom. The Morgan fingerprint density at radius 1 is 1.11 bits per heavy atom. The van der Waals surface area contributed by atoms with Gasteiger partial charge in [-0.05, 0) is 17.7 Å². The number of nitrogens with one attached hydrogen (secondary N) is 1. The van der Waals surface area contributed by atoms with Crippen molar-refractivity contribution < 1.29 is 31.1 Å². The molecule has 1 aromatic heterocycles. The van der Waals surface area contributed by atoms with E-state index in [2.05, 4.69) is 14.7 Å². The van der Waals surface area contributed by atoms with Crippen LogP contribution in [0.5, 0.6) is 0 Å². The summed E-state index contributed by atoms with van der Waals surface area (Å²) in [5.74, 6) is 0.591. The summed E-state index contributed by atoms with van der Waals surface area (Å²) in [5.41, 5.74) is 0.404. The quantitative estimate of drug-likeness (QED) is 0.618. The third-order valence-corrected chi connectivity index (χ3v) is 7.65. The number of fused-ring (bicyclic) bond motifs is 1. The van der Waals surface area contributed by atoms with Crippen molar-refractivity contribution in [2.45, 2.75) is 12.7 Å². The summed E-state index contributed by atoms with van der Waals surface area (Å²) in [7, 11) is -3.50. The number of carbonyl (C=O) groups excluding carboxylic acids is 1. The Morgan fingerprint density at radius 3 is 2.41 bits per heavy atom. The normalized spacial score (nSPS) is 22.9. The monoisotopic (exact) mass is 542 g/mol. The first-order chi connectivity index (χ1) is 17.5. The lowest BCUT2D eigenvalue weighted by atomic mass is 10.0. The van der Waals surface area contributed by atoms with Crippen LogP contribution in [-0.2, 0) is 27.5 Å². The second-order valence-corrected chi connectivity index (χ2v) is 11.6. The number of anilines is 2. The maximum Gasteiger partial charge on any atom is 0.418 e. The highest BCUT2D eigenvalue weighted by Gasteiger charge is 2.41. The van der Waals surface area contributed by atoms with E-state index >= 15 is 0 Å². The van der Waals surface area contributed by atoms with Gasteiger partial charge in [0.1, 0.15) is 0 Å². The number of nitrogens with zero attached hydrogens (tertiary/aromatic N) is 5. The third kappa shape index (κ3) is 5.85. The van der Waals surface area contributed by atoms with E-state index in [1.807, 2.05) is 4.90 Å². The molecule has 0 bridgehead atoms. The highest BCUT2D eigenvalue weighted by Crippen LogP contribution is 2.41. The Kier molecular flexibility index (Phi) is 6.83. The van der Waals surface area contributed by atoms with Gasteiger partial charge in [0, 0.05) is 75.6 Å². The lowest BCUT2D eigenvalue weighted by Crippen LogP contribution is -2.49. The van der Waals surface area contributed by atoms with Crippen molar-refractivity contribution in [3.63, 3.8) is 0 Å². The third-order valence-electron chi connectivity index (χ3n) is 7.07. The Labute approximate surface area is 213 Å². The first kappa shape index (κ1) is 25.8. The fourth-order valence-electron chi connectivity index (χ4n) is 5.24. The molecule has 202 valence electrons. The smallest absolute Gasteiger partial charge is 0.381 e. The molecule has 1 N–H and O–H groups in total. The molecule has 2 unspecified atom stereocenters. The number of piperazine rings is 1. The number of amides is 1. The minimum atomic E-state index is -4.43. The molecule has 3 aliphatic heterocycles. The van der Waals surface area contributed by atoms with Crippen molar-refractivity contribution in [3.05, 3.63) is 41.6 Å². The molecule has 3 aliphatic rings. The first-order valence-electron chi connectivity index (χ1n) is 12.0. The van der Waals surface area contributed by atoms with Gasteiger partial charge in [-0.2, -0.15) is 17.9 Å². The molecule has 37 heavy (non-hydrogen) atoms. The molecular formula is C23H29F3N6O4S. The molecule has 3 saturated heterocycles. The fourth-order valence-corrected chi connectivity index (χ4v) is 5.72. The molecule has 2 atom stereocenters. The van der Waals surface area contributed by atoms with Gasteiger partial charge in [0.2, 0.25) is 10.0 Å². The Bertz CT molecular complexity index is 1250. The predicted molar refractivity (Wildman–Crippen MR) is 130 cm³/mol. The maximum absolute atomic E-state index is 13.8. The highest BCUT2D eigenvalue weighted by molar-refractivity contribution is 7.92. The summed E-state index contributed by atoms with van der Waals surface area (Å²) in [4.78, 5) is 18.3. The minimum absolute atomic E-state index is 0.0572.